The van der Waals surface area contributed by atoms with Gasteiger partial charge in [-0.1, -0.05) is 23.7 Å². The van der Waals surface area contributed by atoms with Crippen LogP contribution in [-0.4, -0.2) is 32.6 Å². The molecule has 0 radical (unpaired) electrons. The van der Waals surface area contributed by atoms with Crippen molar-refractivity contribution in [2.24, 2.45) is 5.92 Å². The minimum absolute atomic E-state index is 0.312. The fraction of sp³-hybridized carbons (Fsp3) is 0.526. The molecule has 1 aromatic heterocycles. The summed E-state index contributed by atoms with van der Waals surface area (Å²) in [6.07, 6.45) is 5.55. The zero-order valence-electron chi connectivity index (χ0n) is 14.4. The summed E-state index contributed by atoms with van der Waals surface area (Å²) in [6, 6.07) is 7.99. The molecule has 3 rings (SSSR count). The van der Waals surface area contributed by atoms with E-state index in [-0.39, 0.29) is 0 Å². The Hall–Kier alpha value is -1.36. The summed E-state index contributed by atoms with van der Waals surface area (Å²) in [5, 5.41) is 11.3. The van der Waals surface area contributed by atoms with Crippen LogP contribution in [0, 0.1) is 5.92 Å². The molecule has 1 atom stereocenters. The van der Waals surface area contributed by atoms with E-state index >= 15 is 0 Å². The van der Waals surface area contributed by atoms with Gasteiger partial charge in [-0.05, 0) is 63.4 Å². The molecule has 24 heavy (non-hydrogen) atoms. The Bertz CT molecular complexity index is 645. The van der Waals surface area contributed by atoms with E-state index < -0.39 is 6.10 Å². The van der Waals surface area contributed by atoms with Crippen molar-refractivity contribution >= 4 is 11.6 Å². The van der Waals surface area contributed by atoms with Gasteiger partial charge in [0.2, 0.25) is 0 Å². The number of hydrogen-bond acceptors (Lipinski definition) is 3. The van der Waals surface area contributed by atoms with Crippen molar-refractivity contribution in [1.82, 2.24) is 14.5 Å². The molecule has 1 saturated heterocycles. The second-order valence-electron chi connectivity index (χ2n) is 6.95. The van der Waals surface area contributed by atoms with Crippen LogP contribution < -0.4 is 0 Å². The number of aliphatic hydroxyl groups is 1. The van der Waals surface area contributed by atoms with Gasteiger partial charge in [-0.2, -0.15) is 0 Å². The third-order valence-electron chi connectivity index (χ3n) is 4.96. The van der Waals surface area contributed by atoms with Gasteiger partial charge in [0.15, 0.2) is 0 Å². The Kier molecular flexibility index (Phi) is 5.59. The molecular weight excluding hydrogens is 322 g/mol. The maximum atomic E-state index is 10.6. The molecule has 1 unspecified atom stereocenters. The molecule has 0 saturated carbocycles. The highest BCUT2D eigenvalue weighted by Crippen LogP contribution is 2.31. The number of imidazole rings is 1. The highest BCUT2D eigenvalue weighted by Gasteiger charge is 2.26. The van der Waals surface area contributed by atoms with Gasteiger partial charge in [0.1, 0.15) is 5.82 Å². The highest BCUT2D eigenvalue weighted by atomic mass is 35.5. The van der Waals surface area contributed by atoms with E-state index in [0.29, 0.717) is 17.0 Å². The number of aliphatic hydroxyl groups excluding tert-OH is 1. The van der Waals surface area contributed by atoms with Gasteiger partial charge < -0.3 is 9.67 Å². The Balaban J connectivity index is 1.55. The van der Waals surface area contributed by atoms with Gasteiger partial charge in [-0.25, -0.2) is 4.98 Å². The zero-order valence-corrected chi connectivity index (χ0v) is 15.2. The van der Waals surface area contributed by atoms with Crippen LogP contribution in [0.4, 0.5) is 0 Å². The molecule has 0 amide bonds. The molecule has 1 fully saturated rings. The average molecular weight is 348 g/mol. The summed E-state index contributed by atoms with van der Waals surface area (Å²) in [4.78, 5) is 6.94. The molecule has 130 valence electrons. The first-order valence-electron chi connectivity index (χ1n) is 8.72. The second kappa shape index (κ2) is 7.68. The number of halogens is 1. The third kappa shape index (κ3) is 4.00. The predicted molar refractivity (Wildman–Crippen MR) is 97.0 cm³/mol. The molecule has 0 bridgehead atoms. The van der Waals surface area contributed by atoms with Crippen LogP contribution in [0.25, 0.3) is 0 Å². The van der Waals surface area contributed by atoms with Crippen molar-refractivity contribution in [3.8, 4) is 0 Å². The zero-order chi connectivity index (χ0) is 17.1. The number of piperidine rings is 1. The Morgan fingerprint density at radius 2 is 1.88 bits per heavy atom. The average Bonchev–Trinajstić information content (AvgIpc) is 3.04. The lowest BCUT2D eigenvalue weighted by molar-refractivity contribution is 0.0557. The monoisotopic (exact) mass is 347 g/mol. The summed E-state index contributed by atoms with van der Waals surface area (Å²) < 4.78 is 2.23. The normalized spacial score (nSPS) is 18.2. The van der Waals surface area contributed by atoms with Crippen LogP contribution in [0.5, 0.6) is 0 Å². The molecule has 2 aromatic rings. The van der Waals surface area contributed by atoms with Crippen LogP contribution in [0.2, 0.25) is 5.02 Å². The van der Waals surface area contributed by atoms with Gasteiger partial charge in [-0.3, -0.25) is 4.90 Å². The van der Waals surface area contributed by atoms with E-state index in [1.54, 1.807) is 0 Å². The van der Waals surface area contributed by atoms with Crippen LogP contribution >= 0.6 is 11.6 Å². The summed E-state index contributed by atoms with van der Waals surface area (Å²) in [5.41, 5.74) is 0.966. The van der Waals surface area contributed by atoms with Gasteiger partial charge in [0, 0.05) is 23.5 Å². The quantitative estimate of drug-likeness (QED) is 0.886. The molecular formula is C19H26ClN3O. The summed E-state index contributed by atoms with van der Waals surface area (Å²) in [7, 11) is 0. The summed E-state index contributed by atoms with van der Waals surface area (Å²) in [5.74, 6) is 1.44. The molecule has 1 N–H and O–H groups in total. The minimum atomic E-state index is -0.401. The molecule has 2 heterocycles. The SMILES string of the molecule is CC(C)n1ccnc1CN1CCC(C(O)c2ccc(Cl)cc2)CC1. The molecule has 4 nitrogen and oxygen atoms in total. The van der Waals surface area contributed by atoms with E-state index in [2.05, 4.69) is 34.5 Å². The maximum Gasteiger partial charge on any atom is 0.123 e. The van der Waals surface area contributed by atoms with E-state index in [9.17, 15) is 5.11 Å². The Morgan fingerprint density at radius 3 is 2.50 bits per heavy atom. The molecule has 0 aliphatic carbocycles. The molecule has 1 aliphatic heterocycles. The van der Waals surface area contributed by atoms with Gasteiger partial charge in [0.25, 0.3) is 0 Å². The first kappa shape index (κ1) is 17.5. The van der Waals surface area contributed by atoms with E-state index in [1.807, 2.05) is 30.5 Å². The van der Waals surface area contributed by atoms with Crippen molar-refractivity contribution in [3.05, 3.63) is 53.1 Å². The number of hydrogen-bond donors (Lipinski definition) is 1. The molecule has 5 heteroatoms. The second-order valence-corrected chi connectivity index (χ2v) is 7.39. The van der Waals surface area contributed by atoms with Crippen molar-refractivity contribution in [1.29, 1.82) is 0 Å². The standard InChI is InChI=1S/C19H26ClN3O/c1-14(2)23-12-9-21-18(23)13-22-10-7-16(8-11-22)19(24)15-3-5-17(20)6-4-15/h3-6,9,12,14,16,19,24H,7-8,10-11,13H2,1-2H3. The fourth-order valence-electron chi connectivity index (χ4n) is 3.50. The van der Waals surface area contributed by atoms with Gasteiger partial charge >= 0.3 is 0 Å². The van der Waals surface area contributed by atoms with E-state index in [1.165, 1.54) is 0 Å². The number of aromatic nitrogens is 2. The third-order valence-corrected chi connectivity index (χ3v) is 5.21. The van der Waals surface area contributed by atoms with Gasteiger partial charge in [-0.15, -0.1) is 0 Å². The summed E-state index contributed by atoms with van der Waals surface area (Å²) in [6.45, 7) is 7.25. The number of likely N-dealkylation sites (tertiary alicyclic amines) is 1. The van der Waals surface area contributed by atoms with Crippen LogP contribution in [-0.2, 0) is 6.54 Å². The number of nitrogens with zero attached hydrogens (tertiary/aromatic N) is 3. The Labute approximate surface area is 149 Å². The van der Waals surface area contributed by atoms with Gasteiger partial charge in [0.05, 0.1) is 12.6 Å². The smallest absolute Gasteiger partial charge is 0.123 e. The predicted octanol–water partition coefficient (Wildman–Crippen LogP) is 4.06. The summed E-state index contributed by atoms with van der Waals surface area (Å²) >= 11 is 5.93. The van der Waals surface area contributed by atoms with Crippen LogP contribution in [0.1, 0.15) is 50.2 Å². The lowest BCUT2D eigenvalue weighted by Crippen LogP contribution is -2.36. The van der Waals surface area contributed by atoms with Crippen molar-refractivity contribution in [2.45, 2.75) is 45.4 Å². The lowest BCUT2D eigenvalue weighted by Gasteiger charge is -2.34. The maximum absolute atomic E-state index is 10.6. The topological polar surface area (TPSA) is 41.3 Å². The first-order valence-corrected chi connectivity index (χ1v) is 9.10. The fourth-order valence-corrected chi connectivity index (χ4v) is 3.62. The highest BCUT2D eigenvalue weighted by molar-refractivity contribution is 6.30. The first-order chi connectivity index (χ1) is 11.5. The lowest BCUT2D eigenvalue weighted by atomic mass is 9.87. The van der Waals surface area contributed by atoms with E-state index in [4.69, 9.17) is 11.6 Å². The van der Waals surface area contributed by atoms with Crippen molar-refractivity contribution in [3.63, 3.8) is 0 Å². The number of benzene rings is 1. The largest absolute Gasteiger partial charge is 0.388 e. The number of rotatable bonds is 5. The molecule has 1 aromatic carbocycles. The van der Waals surface area contributed by atoms with E-state index in [0.717, 1.165) is 43.9 Å². The minimum Gasteiger partial charge on any atom is -0.388 e. The van der Waals surface area contributed by atoms with Crippen LogP contribution in [0.15, 0.2) is 36.7 Å². The van der Waals surface area contributed by atoms with Crippen molar-refractivity contribution in [2.75, 3.05) is 13.1 Å². The van der Waals surface area contributed by atoms with Crippen molar-refractivity contribution < 1.29 is 5.11 Å². The molecule has 1 aliphatic rings. The van der Waals surface area contributed by atoms with Crippen LogP contribution in [0.3, 0.4) is 0 Å². The molecule has 0 spiro atoms. The Morgan fingerprint density at radius 1 is 1.21 bits per heavy atom.